The van der Waals surface area contributed by atoms with Gasteiger partial charge < -0.3 is 9.84 Å². The lowest BCUT2D eigenvalue weighted by Gasteiger charge is -2.30. The zero-order valence-electron chi connectivity index (χ0n) is 12.7. The molecular weight excluding hydrogens is 236 g/mol. The van der Waals surface area contributed by atoms with Gasteiger partial charge in [-0.15, -0.1) is 0 Å². The van der Waals surface area contributed by atoms with E-state index in [-0.39, 0.29) is 17.1 Å². The summed E-state index contributed by atoms with van der Waals surface area (Å²) in [6.07, 6.45) is 1.46. The van der Waals surface area contributed by atoms with Crippen LogP contribution in [0.3, 0.4) is 0 Å². The van der Waals surface area contributed by atoms with Gasteiger partial charge in [-0.1, -0.05) is 31.2 Å². The molecule has 0 radical (unpaired) electrons. The van der Waals surface area contributed by atoms with E-state index < -0.39 is 6.10 Å². The van der Waals surface area contributed by atoms with Crippen LogP contribution in [0.25, 0.3) is 0 Å². The number of ether oxygens (including phenoxy) is 1. The average molecular weight is 262 g/mol. The van der Waals surface area contributed by atoms with Gasteiger partial charge in [-0.3, -0.25) is 0 Å². The molecule has 0 amide bonds. The summed E-state index contributed by atoms with van der Waals surface area (Å²) in [5.74, 6) is 0.134. The Balaban J connectivity index is 2.21. The van der Waals surface area contributed by atoms with Crippen LogP contribution >= 0.6 is 0 Å². The van der Waals surface area contributed by atoms with E-state index in [1.165, 1.54) is 5.56 Å². The van der Waals surface area contributed by atoms with Gasteiger partial charge >= 0.3 is 0 Å². The molecule has 106 valence electrons. The molecule has 2 heteroatoms. The topological polar surface area (TPSA) is 29.5 Å². The van der Waals surface area contributed by atoms with Crippen molar-refractivity contribution in [3.05, 3.63) is 35.4 Å². The highest BCUT2D eigenvalue weighted by molar-refractivity contribution is 5.25. The number of aryl methyl sites for hydroxylation is 1. The van der Waals surface area contributed by atoms with Crippen molar-refractivity contribution >= 4 is 0 Å². The van der Waals surface area contributed by atoms with E-state index in [1.807, 2.05) is 12.1 Å². The molecule has 0 saturated carbocycles. The molecule has 1 N–H and O–H groups in total. The Hall–Kier alpha value is -0.860. The fourth-order valence-corrected chi connectivity index (χ4v) is 3.28. The minimum absolute atomic E-state index is 0.134. The largest absolute Gasteiger partial charge is 0.388 e. The average Bonchev–Trinajstić information content (AvgIpc) is 2.56. The molecule has 2 unspecified atom stereocenters. The van der Waals surface area contributed by atoms with Gasteiger partial charge in [0.25, 0.3) is 0 Å². The maximum atomic E-state index is 10.7. The summed E-state index contributed by atoms with van der Waals surface area (Å²) in [6, 6.07) is 8.30. The SMILES string of the molecule is CCc1ccc(C(O)C2CC(C)(C)OC2(C)C)cc1. The van der Waals surface area contributed by atoms with E-state index in [1.54, 1.807) is 0 Å². The maximum Gasteiger partial charge on any atom is 0.0846 e. The van der Waals surface area contributed by atoms with E-state index >= 15 is 0 Å². The summed E-state index contributed by atoms with van der Waals surface area (Å²) in [5, 5.41) is 10.7. The van der Waals surface area contributed by atoms with Gasteiger partial charge in [0, 0.05) is 5.92 Å². The fourth-order valence-electron chi connectivity index (χ4n) is 3.28. The van der Waals surface area contributed by atoms with E-state index in [0.717, 1.165) is 18.4 Å². The number of aliphatic hydroxyl groups is 1. The van der Waals surface area contributed by atoms with Crippen LogP contribution in [0.2, 0.25) is 0 Å². The van der Waals surface area contributed by atoms with Crippen LogP contribution in [0.1, 0.15) is 58.3 Å². The molecule has 0 bridgehead atoms. The van der Waals surface area contributed by atoms with Crippen molar-refractivity contribution in [1.82, 2.24) is 0 Å². The standard InChI is InChI=1S/C17H26O2/c1-6-12-7-9-13(10-8-12)15(18)14-11-16(2,3)19-17(14,4)5/h7-10,14-15,18H,6,11H2,1-5H3. The van der Waals surface area contributed by atoms with Crippen LogP contribution in [0, 0.1) is 5.92 Å². The summed E-state index contributed by atoms with van der Waals surface area (Å²) < 4.78 is 6.08. The van der Waals surface area contributed by atoms with Crippen molar-refractivity contribution in [3.63, 3.8) is 0 Å². The molecule has 19 heavy (non-hydrogen) atoms. The first-order valence-corrected chi connectivity index (χ1v) is 7.22. The van der Waals surface area contributed by atoms with Crippen molar-refractivity contribution in [2.75, 3.05) is 0 Å². The predicted octanol–water partition coefficient (Wildman–Crippen LogP) is 3.88. The Morgan fingerprint density at radius 3 is 2.21 bits per heavy atom. The molecule has 0 aliphatic carbocycles. The molecule has 1 aliphatic heterocycles. The number of rotatable bonds is 3. The smallest absolute Gasteiger partial charge is 0.0846 e. The molecule has 0 aromatic heterocycles. The number of hydrogen-bond acceptors (Lipinski definition) is 2. The first kappa shape index (κ1) is 14.5. The quantitative estimate of drug-likeness (QED) is 0.896. The van der Waals surface area contributed by atoms with Gasteiger partial charge in [0.2, 0.25) is 0 Å². The highest BCUT2D eigenvalue weighted by Crippen LogP contribution is 2.47. The Morgan fingerprint density at radius 2 is 1.79 bits per heavy atom. The van der Waals surface area contributed by atoms with Gasteiger partial charge in [-0.25, -0.2) is 0 Å². The molecule has 1 fully saturated rings. The van der Waals surface area contributed by atoms with Crippen molar-refractivity contribution < 1.29 is 9.84 Å². The third-order valence-electron chi connectivity index (χ3n) is 4.25. The molecule has 1 heterocycles. The highest BCUT2D eigenvalue weighted by atomic mass is 16.5. The Labute approximate surface area is 116 Å². The summed E-state index contributed by atoms with van der Waals surface area (Å²) in [5.41, 5.74) is 1.86. The second-order valence-electron chi connectivity index (χ2n) is 6.82. The monoisotopic (exact) mass is 262 g/mol. The van der Waals surface area contributed by atoms with E-state index in [9.17, 15) is 5.11 Å². The summed E-state index contributed by atoms with van der Waals surface area (Å²) in [6.45, 7) is 10.5. The minimum Gasteiger partial charge on any atom is -0.388 e. The lowest BCUT2D eigenvalue weighted by Crippen LogP contribution is -2.32. The van der Waals surface area contributed by atoms with E-state index in [4.69, 9.17) is 4.74 Å². The van der Waals surface area contributed by atoms with Crippen LogP contribution in [-0.2, 0) is 11.2 Å². The zero-order chi connectivity index (χ0) is 14.3. The minimum atomic E-state index is -0.456. The zero-order valence-corrected chi connectivity index (χ0v) is 12.7. The molecular formula is C17H26O2. The lowest BCUT2D eigenvalue weighted by molar-refractivity contribution is -0.0880. The second kappa shape index (κ2) is 4.92. The Kier molecular flexibility index (Phi) is 3.76. The normalized spacial score (nSPS) is 26.3. The van der Waals surface area contributed by atoms with Crippen LogP contribution in [0.4, 0.5) is 0 Å². The molecule has 2 atom stereocenters. The van der Waals surface area contributed by atoms with Gasteiger partial charge in [0.1, 0.15) is 0 Å². The van der Waals surface area contributed by atoms with Crippen LogP contribution < -0.4 is 0 Å². The fraction of sp³-hybridized carbons (Fsp3) is 0.647. The number of aliphatic hydroxyl groups excluding tert-OH is 1. The lowest BCUT2D eigenvalue weighted by atomic mass is 9.80. The number of benzene rings is 1. The third kappa shape index (κ3) is 3.01. The molecule has 2 rings (SSSR count). The van der Waals surface area contributed by atoms with Gasteiger partial charge in [-0.05, 0) is 51.7 Å². The molecule has 1 saturated heterocycles. The molecule has 1 aliphatic rings. The second-order valence-corrected chi connectivity index (χ2v) is 6.82. The van der Waals surface area contributed by atoms with E-state index in [2.05, 4.69) is 46.8 Å². The number of hydrogen-bond donors (Lipinski definition) is 1. The van der Waals surface area contributed by atoms with Crippen LogP contribution in [0.15, 0.2) is 24.3 Å². The van der Waals surface area contributed by atoms with Gasteiger partial charge in [0.15, 0.2) is 0 Å². The van der Waals surface area contributed by atoms with Crippen molar-refractivity contribution in [2.24, 2.45) is 5.92 Å². The van der Waals surface area contributed by atoms with E-state index in [0.29, 0.717) is 0 Å². The van der Waals surface area contributed by atoms with Crippen LogP contribution in [-0.4, -0.2) is 16.3 Å². The maximum absolute atomic E-state index is 10.7. The van der Waals surface area contributed by atoms with Gasteiger partial charge in [0.05, 0.1) is 17.3 Å². The Morgan fingerprint density at radius 1 is 1.21 bits per heavy atom. The van der Waals surface area contributed by atoms with Gasteiger partial charge in [-0.2, -0.15) is 0 Å². The van der Waals surface area contributed by atoms with Crippen molar-refractivity contribution in [1.29, 1.82) is 0 Å². The molecule has 1 aromatic rings. The van der Waals surface area contributed by atoms with Crippen molar-refractivity contribution in [2.45, 2.75) is 64.8 Å². The predicted molar refractivity (Wildman–Crippen MR) is 78.1 cm³/mol. The molecule has 0 spiro atoms. The summed E-state index contributed by atoms with van der Waals surface area (Å²) in [7, 11) is 0. The highest BCUT2D eigenvalue weighted by Gasteiger charge is 2.49. The van der Waals surface area contributed by atoms with Crippen LogP contribution in [0.5, 0.6) is 0 Å². The first-order chi connectivity index (χ1) is 8.75. The molecule has 1 aromatic carbocycles. The summed E-state index contributed by atoms with van der Waals surface area (Å²) in [4.78, 5) is 0. The van der Waals surface area contributed by atoms with Crippen molar-refractivity contribution in [3.8, 4) is 0 Å². The summed E-state index contributed by atoms with van der Waals surface area (Å²) >= 11 is 0. The first-order valence-electron chi connectivity index (χ1n) is 7.22. The molecule has 2 nitrogen and oxygen atoms in total. The Bertz CT molecular complexity index is 431. The third-order valence-corrected chi connectivity index (χ3v) is 4.25.